The molecular weight excluding hydrogens is 268 g/mol. The van der Waals surface area contributed by atoms with Gasteiger partial charge in [-0.15, -0.1) is 0 Å². The van der Waals surface area contributed by atoms with E-state index in [4.69, 9.17) is 10.8 Å². The average molecular weight is 288 g/mol. The first-order valence-electron chi connectivity index (χ1n) is 6.78. The normalized spacial score (nSPS) is 10.6. The summed E-state index contributed by atoms with van der Waals surface area (Å²) in [5.74, 6) is -0.123. The van der Waals surface area contributed by atoms with Crippen molar-refractivity contribution < 1.29 is 9.90 Å². The summed E-state index contributed by atoms with van der Waals surface area (Å²) in [4.78, 5) is 13.6. The molecule has 1 amide bonds. The van der Waals surface area contributed by atoms with Gasteiger partial charge in [-0.05, 0) is 24.1 Å². The highest BCUT2D eigenvalue weighted by atomic mass is 16.3. The summed E-state index contributed by atoms with van der Waals surface area (Å²) in [6, 6.07) is 5.39. The first-order chi connectivity index (χ1) is 10.0. The average Bonchev–Trinajstić information content (AvgIpc) is 2.93. The number of aliphatic hydroxyl groups excluding tert-OH is 1. The smallest absolute Gasteiger partial charge is 0.255 e. The van der Waals surface area contributed by atoms with Crippen LogP contribution in [-0.2, 0) is 6.54 Å². The van der Waals surface area contributed by atoms with Gasteiger partial charge in [-0.25, -0.2) is 0 Å². The van der Waals surface area contributed by atoms with Crippen LogP contribution in [0.1, 0.15) is 16.8 Å². The quantitative estimate of drug-likeness (QED) is 0.810. The van der Waals surface area contributed by atoms with E-state index in [0.29, 0.717) is 24.2 Å². The molecule has 0 unspecified atom stereocenters. The van der Waals surface area contributed by atoms with E-state index in [1.165, 1.54) is 4.90 Å². The molecule has 1 heterocycles. The molecule has 0 fully saturated rings. The number of rotatable bonds is 5. The Morgan fingerprint density at radius 1 is 1.38 bits per heavy atom. The molecule has 2 rings (SSSR count). The van der Waals surface area contributed by atoms with E-state index in [2.05, 4.69) is 5.10 Å². The Hall–Kier alpha value is -2.34. The van der Waals surface area contributed by atoms with Crippen LogP contribution in [0.3, 0.4) is 0 Å². The summed E-state index contributed by atoms with van der Waals surface area (Å²) in [5, 5.41) is 13.1. The van der Waals surface area contributed by atoms with E-state index in [1.807, 2.05) is 12.3 Å². The van der Waals surface area contributed by atoms with Crippen LogP contribution in [0.25, 0.3) is 11.1 Å². The number of anilines is 1. The van der Waals surface area contributed by atoms with Gasteiger partial charge in [-0.3, -0.25) is 9.48 Å². The zero-order valence-electron chi connectivity index (χ0n) is 12.3. The molecule has 0 atom stereocenters. The van der Waals surface area contributed by atoms with Gasteiger partial charge < -0.3 is 15.7 Å². The molecule has 0 saturated heterocycles. The molecular formula is C15H20N4O2. The molecule has 0 bridgehead atoms. The summed E-state index contributed by atoms with van der Waals surface area (Å²) in [7, 11) is 3.39. The highest BCUT2D eigenvalue weighted by Gasteiger charge is 2.13. The summed E-state index contributed by atoms with van der Waals surface area (Å²) in [6.07, 6.45) is 4.30. The minimum atomic E-state index is -0.123. The number of amides is 1. The summed E-state index contributed by atoms with van der Waals surface area (Å²) < 4.78 is 1.77. The van der Waals surface area contributed by atoms with Crippen molar-refractivity contribution in [3.05, 3.63) is 36.2 Å². The number of aromatic nitrogens is 2. The molecule has 0 aliphatic heterocycles. The third kappa shape index (κ3) is 3.41. The maximum absolute atomic E-state index is 12.1. The van der Waals surface area contributed by atoms with Crippen LogP contribution in [0.2, 0.25) is 0 Å². The lowest BCUT2D eigenvalue weighted by molar-refractivity contribution is 0.0828. The standard InChI is InChI=1S/C15H20N4O2/c1-18(2)15(21)13-8-11(4-5-14(13)16)12-9-17-19(10-12)6-3-7-20/h4-5,8-10,20H,3,6-7,16H2,1-2H3. The van der Waals surface area contributed by atoms with Gasteiger partial charge in [0.1, 0.15) is 0 Å². The lowest BCUT2D eigenvalue weighted by atomic mass is 10.0. The third-order valence-electron chi connectivity index (χ3n) is 3.20. The molecule has 0 saturated carbocycles. The van der Waals surface area contributed by atoms with E-state index in [0.717, 1.165) is 11.1 Å². The highest BCUT2D eigenvalue weighted by molar-refractivity contribution is 6.00. The number of nitrogen functional groups attached to an aromatic ring is 1. The first-order valence-corrected chi connectivity index (χ1v) is 6.78. The Bertz CT molecular complexity index is 634. The lowest BCUT2D eigenvalue weighted by Gasteiger charge is -2.13. The van der Waals surface area contributed by atoms with Crippen LogP contribution in [0, 0.1) is 0 Å². The zero-order chi connectivity index (χ0) is 15.4. The van der Waals surface area contributed by atoms with Gasteiger partial charge in [-0.2, -0.15) is 5.10 Å². The third-order valence-corrected chi connectivity index (χ3v) is 3.20. The maximum Gasteiger partial charge on any atom is 0.255 e. The summed E-state index contributed by atoms with van der Waals surface area (Å²) in [5.41, 5.74) is 8.64. The van der Waals surface area contributed by atoms with E-state index in [-0.39, 0.29) is 12.5 Å². The number of hydrogen-bond acceptors (Lipinski definition) is 4. The minimum Gasteiger partial charge on any atom is -0.398 e. The Labute approximate surface area is 123 Å². The Balaban J connectivity index is 2.30. The van der Waals surface area contributed by atoms with Crippen LogP contribution in [0.5, 0.6) is 0 Å². The van der Waals surface area contributed by atoms with Gasteiger partial charge in [0.2, 0.25) is 0 Å². The monoisotopic (exact) mass is 288 g/mol. The fourth-order valence-corrected chi connectivity index (χ4v) is 2.03. The molecule has 6 heteroatoms. The van der Waals surface area contributed by atoms with Crippen molar-refractivity contribution in [1.29, 1.82) is 0 Å². The van der Waals surface area contributed by atoms with E-state index >= 15 is 0 Å². The molecule has 1 aromatic heterocycles. The van der Waals surface area contributed by atoms with E-state index in [1.54, 1.807) is 37.1 Å². The zero-order valence-corrected chi connectivity index (χ0v) is 12.3. The second kappa shape index (κ2) is 6.41. The molecule has 2 aromatic rings. The molecule has 6 nitrogen and oxygen atoms in total. The number of nitrogens with zero attached hydrogens (tertiary/aromatic N) is 3. The predicted octanol–water partition coefficient (Wildman–Crippen LogP) is 1.22. The minimum absolute atomic E-state index is 0.123. The van der Waals surface area contributed by atoms with Crippen molar-refractivity contribution in [3.8, 4) is 11.1 Å². The number of carbonyl (C=O) groups is 1. The van der Waals surface area contributed by atoms with Crippen molar-refractivity contribution in [1.82, 2.24) is 14.7 Å². The van der Waals surface area contributed by atoms with Gasteiger partial charge in [0.25, 0.3) is 5.91 Å². The van der Waals surface area contributed by atoms with E-state index < -0.39 is 0 Å². The predicted molar refractivity (Wildman–Crippen MR) is 81.8 cm³/mol. The molecule has 21 heavy (non-hydrogen) atoms. The molecule has 0 spiro atoms. The second-order valence-electron chi connectivity index (χ2n) is 5.07. The maximum atomic E-state index is 12.1. The van der Waals surface area contributed by atoms with Crippen molar-refractivity contribution >= 4 is 11.6 Å². The number of hydrogen-bond donors (Lipinski definition) is 2. The molecule has 0 aliphatic carbocycles. The van der Waals surface area contributed by atoms with Crippen molar-refractivity contribution in [2.24, 2.45) is 0 Å². The highest BCUT2D eigenvalue weighted by Crippen LogP contribution is 2.24. The van der Waals surface area contributed by atoms with Crippen molar-refractivity contribution in [2.45, 2.75) is 13.0 Å². The fourth-order valence-electron chi connectivity index (χ4n) is 2.03. The summed E-state index contributed by atoms with van der Waals surface area (Å²) >= 11 is 0. The largest absolute Gasteiger partial charge is 0.398 e. The van der Waals surface area contributed by atoms with Crippen LogP contribution in [-0.4, -0.2) is 46.4 Å². The molecule has 3 N–H and O–H groups in total. The van der Waals surface area contributed by atoms with Crippen molar-refractivity contribution in [2.75, 3.05) is 26.4 Å². The number of carbonyl (C=O) groups excluding carboxylic acids is 1. The second-order valence-corrected chi connectivity index (χ2v) is 5.07. The Kier molecular flexibility index (Phi) is 4.59. The van der Waals surface area contributed by atoms with E-state index in [9.17, 15) is 4.79 Å². The van der Waals surface area contributed by atoms with Crippen LogP contribution < -0.4 is 5.73 Å². The molecule has 112 valence electrons. The van der Waals surface area contributed by atoms with Crippen LogP contribution in [0.15, 0.2) is 30.6 Å². The SMILES string of the molecule is CN(C)C(=O)c1cc(-c2cnn(CCCO)c2)ccc1N. The molecule has 0 aliphatic rings. The molecule has 1 aromatic carbocycles. The van der Waals surface area contributed by atoms with Gasteiger partial charge in [0.15, 0.2) is 0 Å². The van der Waals surface area contributed by atoms with Gasteiger partial charge in [0, 0.05) is 44.7 Å². The van der Waals surface area contributed by atoms with Crippen LogP contribution >= 0.6 is 0 Å². The van der Waals surface area contributed by atoms with Gasteiger partial charge in [0.05, 0.1) is 11.8 Å². The van der Waals surface area contributed by atoms with Crippen LogP contribution in [0.4, 0.5) is 5.69 Å². The lowest BCUT2D eigenvalue weighted by Crippen LogP contribution is -2.22. The van der Waals surface area contributed by atoms with Gasteiger partial charge in [-0.1, -0.05) is 6.07 Å². The van der Waals surface area contributed by atoms with Crippen molar-refractivity contribution in [3.63, 3.8) is 0 Å². The molecule has 0 radical (unpaired) electrons. The summed E-state index contributed by atoms with van der Waals surface area (Å²) in [6.45, 7) is 0.799. The topological polar surface area (TPSA) is 84.4 Å². The fraction of sp³-hybridized carbons (Fsp3) is 0.333. The Morgan fingerprint density at radius 3 is 2.81 bits per heavy atom. The number of aryl methyl sites for hydroxylation is 1. The Morgan fingerprint density at radius 2 is 2.14 bits per heavy atom. The number of aliphatic hydroxyl groups is 1. The number of benzene rings is 1. The van der Waals surface area contributed by atoms with Gasteiger partial charge >= 0.3 is 0 Å². The first kappa shape index (κ1) is 15.1. The number of nitrogens with two attached hydrogens (primary N) is 1.